The Morgan fingerprint density at radius 3 is 2.47 bits per heavy atom. The summed E-state index contributed by atoms with van der Waals surface area (Å²) in [6.45, 7) is 10.2. The maximum absolute atomic E-state index is 5.48. The van der Waals surface area contributed by atoms with E-state index in [9.17, 15) is 0 Å². The van der Waals surface area contributed by atoms with Crippen molar-refractivity contribution in [1.82, 2.24) is 10.6 Å². The van der Waals surface area contributed by atoms with E-state index in [0.29, 0.717) is 12.1 Å². The van der Waals surface area contributed by atoms with Crippen LogP contribution in [0.2, 0.25) is 0 Å². The quantitative estimate of drug-likeness (QED) is 0.754. The summed E-state index contributed by atoms with van der Waals surface area (Å²) in [7, 11) is 0. The standard InChI is InChI=1S/C12H22N2O/c1-9(2)13-7-10(3)14-8-12-6-5-11(4)15-12/h5-6,9-10,13-14H,7-8H2,1-4H3. The molecule has 3 nitrogen and oxygen atoms in total. The first kappa shape index (κ1) is 12.3. The molecule has 86 valence electrons. The average molecular weight is 210 g/mol. The fourth-order valence-corrected chi connectivity index (χ4v) is 1.34. The predicted molar refractivity (Wildman–Crippen MR) is 62.9 cm³/mol. The molecule has 0 aliphatic carbocycles. The first-order valence-corrected chi connectivity index (χ1v) is 5.60. The van der Waals surface area contributed by atoms with Crippen molar-refractivity contribution in [3.8, 4) is 0 Å². The molecule has 15 heavy (non-hydrogen) atoms. The molecule has 0 aromatic carbocycles. The Kier molecular flexibility index (Phi) is 4.85. The van der Waals surface area contributed by atoms with Gasteiger partial charge in [-0.05, 0) is 26.0 Å². The summed E-state index contributed by atoms with van der Waals surface area (Å²) in [5.74, 6) is 1.98. The minimum absolute atomic E-state index is 0.456. The molecule has 0 saturated carbocycles. The molecule has 1 aromatic heterocycles. The van der Waals surface area contributed by atoms with E-state index < -0.39 is 0 Å². The van der Waals surface area contributed by atoms with Gasteiger partial charge in [-0.25, -0.2) is 0 Å². The average Bonchev–Trinajstić information content (AvgIpc) is 2.58. The smallest absolute Gasteiger partial charge is 0.117 e. The number of furan rings is 1. The molecule has 1 atom stereocenters. The monoisotopic (exact) mass is 210 g/mol. The lowest BCUT2D eigenvalue weighted by Crippen LogP contribution is -2.38. The van der Waals surface area contributed by atoms with E-state index >= 15 is 0 Å². The van der Waals surface area contributed by atoms with Gasteiger partial charge < -0.3 is 15.1 Å². The van der Waals surface area contributed by atoms with Crippen LogP contribution in [0.15, 0.2) is 16.5 Å². The van der Waals surface area contributed by atoms with Gasteiger partial charge in [0.05, 0.1) is 6.54 Å². The Hall–Kier alpha value is -0.800. The zero-order valence-corrected chi connectivity index (χ0v) is 10.1. The van der Waals surface area contributed by atoms with Crippen molar-refractivity contribution < 1.29 is 4.42 Å². The van der Waals surface area contributed by atoms with E-state index in [4.69, 9.17) is 4.42 Å². The van der Waals surface area contributed by atoms with Gasteiger partial charge in [-0.1, -0.05) is 13.8 Å². The third-order valence-corrected chi connectivity index (χ3v) is 2.25. The topological polar surface area (TPSA) is 37.2 Å². The molecule has 0 aliphatic heterocycles. The second-order valence-corrected chi connectivity index (χ2v) is 4.36. The minimum atomic E-state index is 0.456. The van der Waals surface area contributed by atoms with Crippen LogP contribution in [0.4, 0.5) is 0 Å². The summed E-state index contributed by atoms with van der Waals surface area (Å²) in [5.41, 5.74) is 0. The van der Waals surface area contributed by atoms with Crippen LogP contribution in [0, 0.1) is 6.92 Å². The van der Waals surface area contributed by atoms with E-state index in [1.54, 1.807) is 0 Å². The molecule has 0 bridgehead atoms. The maximum Gasteiger partial charge on any atom is 0.117 e. The van der Waals surface area contributed by atoms with Gasteiger partial charge in [0.15, 0.2) is 0 Å². The number of hydrogen-bond acceptors (Lipinski definition) is 3. The van der Waals surface area contributed by atoms with E-state index in [2.05, 4.69) is 31.4 Å². The molecule has 0 aliphatic rings. The molecular formula is C12H22N2O. The minimum Gasteiger partial charge on any atom is -0.465 e. The molecule has 1 unspecified atom stereocenters. The second-order valence-electron chi connectivity index (χ2n) is 4.36. The van der Waals surface area contributed by atoms with E-state index in [1.807, 2.05) is 19.1 Å². The molecule has 0 fully saturated rings. The van der Waals surface area contributed by atoms with Crippen molar-refractivity contribution >= 4 is 0 Å². The summed E-state index contributed by atoms with van der Waals surface area (Å²) in [6.07, 6.45) is 0. The van der Waals surface area contributed by atoms with Crippen molar-refractivity contribution in [3.05, 3.63) is 23.7 Å². The number of hydrogen-bond donors (Lipinski definition) is 2. The third kappa shape index (κ3) is 5.00. The Morgan fingerprint density at radius 2 is 1.93 bits per heavy atom. The maximum atomic E-state index is 5.48. The third-order valence-electron chi connectivity index (χ3n) is 2.25. The highest BCUT2D eigenvalue weighted by molar-refractivity contribution is 5.05. The Morgan fingerprint density at radius 1 is 1.20 bits per heavy atom. The van der Waals surface area contributed by atoms with Gasteiger partial charge in [0.1, 0.15) is 11.5 Å². The second kappa shape index (κ2) is 5.93. The van der Waals surface area contributed by atoms with Gasteiger partial charge >= 0.3 is 0 Å². The van der Waals surface area contributed by atoms with Gasteiger partial charge in [-0.3, -0.25) is 0 Å². The highest BCUT2D eigenvalue weighted by atomic mass is 16.3. The lowest BCUT2D eigenvalue weighted by Gasteiger charge is -2.15. The highest BCUT2D eigenvalue weighted by Gasteiger charge is 2.03. The highest BCUT2D eigenvalue weighted by Crippen LogP contribution is 2.05. The van der Waals surface area contributed by atoms with Gasteiger partial charge in [0, 0.05) is 18.6 Å². The van der Waals surface area contributed by atoms with Crippen molar-refractivity contribution in [3.63, 3.8) is 0 Å². The van der Waals surface area contributed by atoms with Gasteiger partial charge in [-0.2, -0.15) is 0 Å². The summed E-state index contributed by atoms with van der Waals surface area (Å²) < 4.78 is 5.48. The summed E-state index contributed by atoms with van der Waals surface area (Å²) in [5, 5.41) is 6.80. The molecule has 1 rings (SSSR count). The number of aryl methyl sites for hydroxylation is 1. The summed E-state index contributed by atoms with van der Waals surface area (Å²) in [6, 6.07) is 5.01. The fourth-order valence-electron chi connectivity index (χ4n) is 1.34. The molecule has 0 spiro atoms. The SMILES string of the molecule is Cc1ccc(CNC(C)CNC(C)C)o1. The van der Waals surface area contributed by atoms with Crippen molar-refractivity contribution in [2.45, 2.75) is 46.3 Å². The summed E-state index contributed by atoms with van der Waals surface area (Å²) >= 11 is 0. The first-order valence-electron chi connectivity index (χ1n) is 5.60. The molecule has 3 heteroatoms. The molecule has 1 aromatic rings. The van der Waals surface area contributed by atoms with E-state index in [-0.39, 0.29) is 0 Å². The molecular weight excluding hydrogens is 188 g/mol. The van der Waals surface area contributed by atoms with Crippen LogP contribution in [-0.4, -0.2) is 18.6 Å². The number of rotatable bonds is 6. The molecule has 2 N–H and O–H groups in total. The van der Waals surface area contributed by atoms with Crippen molar-refractivity contribution in [2.75, 3.05) is 6.54 Å². The largest absolute Gasteiger partial charge is 0.465 e. The zero-order valence-electron chi connectivity index (χ0n) is 10.1. The van der Waals surface area contributed by atoms with Crippen LogP contribution in [0.5, 0.6) is 0 Å². The van der Waals surface area contributed by atoms with Crippen LogP contribution in [-0.2, 0) is 6.54 Å². The Bertz CT molecular complexity index is 281. The Balaban J connectivity index is 2.19. The van der Waals surface area contributed by atoms with E-state index in [0.717, 1.165) is 24.6 Å². The molecule has 1 heterocycles. The van der Waals surface area contributed by atoms with Gasteiger partial charge in [0.25, 0.3) is 0 Å². The van der Waals surface area contributed by atoms with Crippen LogP contribution < -0.4 is 10.6 Å². The Labute approximate surface area is 92.2 Å². The predicted octanol–water partition coefficient (Wildman–Crippen LogP) is 2.06. The molecule has 0 radical (unpaired) electrons. The lowest BCUT2D eigenvalue weighted by molar-refractivity contribution is 0.422. The van der Waals surface area contributed by atoms with Gasteiger partial charge in [0.2, 0.25) is 0 Å². The van der Waals surface area contributed by atoms with Crippen molar-refractivity contribution in [2.24, 2.45) is 0 Å². The van der Waals surface area contributed by atoms with Crippen LogP contribution >= 0.6 is 0 Å². The van der Waals surface area contributed by atoms with Gasteiger partial charge in [-0.15, -0.1) is 0 Å². The van der Waals surface area contributed by atoms with Crippen LogP contribution in [0.3, 0.4) is 0 Å². The van der Waals surface area contributed by atoms with Crippen LogP contribution in [0.25, 0.3) is 0 Å². The first-order chi connectivity index (χ1) is 7.08. The van der Waals surface area contributed by atoms with Crippen LogP contribution in [0.1, 0.15) is 32.3 Å². The molecule has 0 amide bonds. The number of nitrogens with one attached hydrogen (secondary N) is 2. The van der Waals surface area contributed by atoms with E-state index in [1.165, 1.54) is 0 Å². The summed E-state index contributed by atoms with van der Waals surface area (Å²) in [4.78, 5) is 0. The fraction of sp³-hybridized carbons (Fsp3) is 0.667. The zero-order chi connectivity index (χ0) is 11.3. The lowest BCUT2D eigenvalue weighted by atomic mass is 10.3. The van der Waals surface area contributed by atoms with Crippen molar-refractivity contribution in [1.29, 1.82) is 0 Å². The normalized spacial score (nSPS) is 13.4. The molecule has 0 saturated heterocycles.